The van der Waals surface area contributed by atoms with Gasteiger partial charge in [-0.25, -0.2) is 0 Å². The Kier molecular flexibility index (Phi) is 9.13. The largest absolute Gasteiger partial charge is 0.321 e. The van der Waals surface area contributed by atoms with E-state index in [-0.39, 0.29) is 24.0 Å². The molecule has 0 amide bonds. The van der Waals surface area contributed by atoms with Crippen molar-refractivity contribution in [2.45, 2.75) is 0 Å². The summed E-state index contributed by atoms with van der Waals surface area (Å²) in [6.45, 7) is 0. The van der Waals surface area contributed by atoms with Crippen molar-refractivity contribution < 1.29 is 24.8 Å². The molecule has 0 aliphatic carbocycles. The van der Waals surface area contributed by atoms with Crippen LogP contribution in [0.25, 0.3) is 0 Å². The zero-order valence-electron chi connectivity index (χ0n) is 2.05. The molecule has 0 unspecified atom stereocenters. The summed E-state index contributed by atoms with van der Waals surface area (Å²) in [5.74, 6) is 0. The van der Waals surface area contributed by atoms with Crippen LogP contribution >= 0.6 is 24.0 Å². The molecule has 0 atom stereocenters. The lowest BCUT2D eigenvalue weighted by Gasteiger charge is -1.72. The maximum Gasteiger partial charge on any atom is 0.282 e. The van der Waals surface area contributed by atoms with Gasteiger partial charge in [-0.3, -0.25) is 0 Å². The smallest absolute Gasteiger partial charge is 0.282 e. The van der Waals surface area contributed by atoms with E-state index in [4.69, 9.17) is 14.0 Å². The van der Waals surface area contributed by atoms with Crippen LogP contribution in [0.5, 0.6) is 0 Å². The maximum absolute atomic E-state index is 8.52. The normalized spacial score (nSPS) is 7.20. The lowest BCUT2D eigenvalue weighted by atomic mass is 15.8. The molecule has 0 aromatic rings. The summed E-state index contributed by atoms with van der Waals surface area (Å²) in [5, 5.41) is 0. The zero-order chi connectivity index (χ0) is 3.58. The van der Waals surface area contributed by atoms with Gasteiger partial charge in [0.25, 0.3) is 10.8 Å². The molecule has 0 rings (SSSR count). The molecule has 1 N–H and O–H groups in total. The molecule has 0 aromatic heterocycles. The number of hydrogen-bond acceptors (Lipinski definition) is 3. The molecule has 0 heterocycles. The lowest BCUT2D eigenvalue weighted by molar-refractivity contribution is -1.63. The Morgan fingerprint density at radius 2 is 1.40 bits per heavy atom. The molecule has 0 aromatic carbocycles. The molecule has 0 bridgehead atoms. The minimum atomic E-state index is -2.60. The van der Waals surface area contributed by atoms with E-state index in [2.05, 4.69) is 0 Å². The maximum atomic E-state index is 8.52. The number of hydrogen-bond donors (Lipinski definition) is 1. The van der Waals surface area contributed by atoms with Crippen LogP contribution in [-0.4, -0.2) is 4.66 Å². The molecule has 0 aliphatic heterocycles. The summed E-state index contributed by atoms with van der Waals surface area (Å²) >= 11 is 0. The van der Waals surface area contributed by atoms with E-state index in [0.29, 0.717) is 0 Å². The van der Waals surface area contributed by atoms with Gasteiger partial charge < -0.3 is 9.32 Å². The van der Waals surface area contributed by atoms with Gasteiger partial charge in [-0.1, -0.05) is 0 Å². The minimum Gasteiger partial charge on any atom is -0.321 e. The summed E-state index contributed by atoms with van der Waals surface area (Å²) in [4.78, 5) is 0. The topological polar surface area (TPSA) is 66.3 Å². The highest BCUT2D eigenvalue weighted by atomic mass is 127. The standard InChI is InChI=1S/ClHO3.HI/c2-1(3)4;/h2H;1H. The van der Waals surface area contributed by atoms with Gasteiger partial charge in [-0.05, 0) is 0 Å². The Morgan fingerprint density at radius 3 is 1.40 bits per heavy atom. The number of rotatable bonds is 0. The van der Waals surface area contributed by atoms with Gasteiger partial charge >= 0.3 is 0 Å². The van der Waals surface area contributed by atoms with E-state index in [9.17, 15) is 0 Å². The quantitative estimate of drug-likeness (QED) is 0.459. The first-order chi connectivity index (χ1) is 1.73. The van der Waals surface area contributed by atoms with E-state index in [1.165, 1.54) is 0 Å². The molecule has 0 aliphatic rings. The predicted octanol–water partition coefficient (Wildman–Crippen LogP) is -2.32. The van der Waals surface area contributed by atoms with Crippen molar-refractivity contribution in [1.82, 2.24) is 0 Å². The van der Waals surface area contributed by atoms with Crippen LogP contribution in [0.3, 0.4) is 0 Å². The van der Waals surface area contributed by atoms with Crippen LogP contribution in [0.2, 0.25) is 0 Å². The van der Waals surface area contributed by atoms with Crippen molar-refractivity contribution in [3.05, 3.63) is 0 Å². The SMILES string of the molecule is I.[O-][Cl+2]([O-])O. The zero-order valence-corrected chi connectivity index (χ0v) is 5.14. The van der Waals surface area contributed by atoms with E-state index in [1.54, 1.807) is 0 Å². The Labute approximate surface area is 49.0 Å². The molecular weight excluding hydrogens is 210 g/mol. The van der Waals surface area contributed by atoms with E-state index in [0.717, 1.165) is 0 Å². The predicted molar refractivity (Wildman–Crippen MR) is 17.6 cm³/mol. The molecule has 0 spiro atoms. The molecule has 0 radical (unpaired) electrons. The van der Waals surface area contributed by atoms with Crippen molar-refractivity contribution in [2.75, 3.05) is 0 Å². The molecule has 0 saturated carbocycles. The van der Waals surface area contributed by atoms with Crippen LogP contribution in [0.4, 0.5) is 0 Å². The third-order valence-corrected chi connectivity index (χ3v) is 0. The summed E-state index contributed by atoms with van der Waals surface area (Å²) in [7, 11) is -2.60. The van der Waals surface area contributed by atoms with Crippen molar-refractivity contribution in [1.29, 1.82) is 0 Å². The van der Waals surface area contributed by atoms with Crippen LogP contribution in [0, 0.1) is 10.8 Å². The Balaban J connectivity index is 0. The summed E-state index contributed by atoms with van der Waals surface area (Å²) in [5.41, 5.74) is 0. The van der Waals surface area contributed by atoms with Gasteiger partial charge in [0.2, 0.25) is 0 Å². The van der Waals surface area contributed by atoms with Crippen molar-refractivity contribution in [3.8, 4) is 0 Å². The number of halogens is 2. The van der Waals surface area contributed by atoms with Crippen LogP contribution < -0.4 is 9.32 Å². The molecule has 34 valence electrons. The first kappa shape index (κ1) is 9.31. The highest BCUT2D eigenvalue weighted by molar-refractivity contribution is 14.0. The van der Waals surface area contributed by atoms with E-state index in [1.807, 2.05) is 0 Å². The molecule has 5 heteroatoms. The second-order valence-corrected chi connectivity index (χ2v) is 0.603. The van der Waals surface area contributed by atoms with Crippen molar-refractivity contribution >= 4 is 24.0 Å². The van der Waals surface area contributed by atoms with E-state index < -0.39 is 10.8 Å². The van der Waals surface area contributed by atoms with Gasteiger partial charge in [-0.2, -0.15) is 0 Å². The average Bonchev–Trinajstić information content (AvgIpc) is 0.811. The fourth-order valence-corrected chi connectivity index (χ4v) is 0. The van der Waals surface area contributed by atoms with Gasteiger partial charge in [0, 0.05) is 4.66 Å². The molecule has 0 saturated heterocycles. The van der Waals surface area contributed by atoms with E-state index >= 15 is 0 Å². The van der Waals surface area contributed by atoms with Gasteiger partial charge in [0.15, 0.2) is 0 Å². The highest BCUT2D eigenvalue weighted by Crippen LogP contribution is 1.38. The Hall–Kier alpha value is 0.900. The molecule has 5 heavy (non-hydrogen) atoms. The van der Waals surface area contributed by atoms with Crippen molar-refractivity contribution in [2.24, 2.45) is 0 Å². The first-order valence-electron chi connectivity index (χ1n) is 0.478. The highest BCUT2D eigenvalue weighted by Gasteiger charge is 1.79. The monoisotopic (exact) mass is 212 g/mol. The third-order valence-electron chi connectivity index (χ3n) is 0. The molecule has 0 fully saturated rings. The summed E-state index contributed by atoms with van der Waals surface area (Å²) in [6.07, 6.45) is 0. The first-order valence-corrected chi connectivity index (χ1v) is 1.43. The molecular formula is H2ClIO3. The Bertz CT molecular complexity index is 11.6. The summed E-state index contributed by atoms with van der Waals surface area (Å²) < 4.78 is 24.0. The lowest BCUT2D eigenvalue weighted by Crippen LogP contribution is -2.30. The summed E-state index contributed by atoms with van der Waals surface area (Å²) in [6, 6.07) is 0. The van der Waals surface area contributed by atoms with Gasteiger partial charge in [-0.15, -0.1) is 24.0 Å². The average molecular weight is 212 g/mol. The van der Waals surface area contributed by atoms with Crippen LogP contribution in [0.15, 0.2) is 0 Å². The third kappa shape index (κ3) is 50.9. The Morgan fingerprint density at radius 1 is 1.40 bits per heavy atom. The molecule has 3 nitrogen and oxygen atoms in total. The van der Waals surface area contributed by atoms with Gasteiger partial charge in [0.1, 0.15) is 0 Å². The second kappa shape index (κ2) is 4.90. The van der Waals surface area contributed by atoms with Crippen LogP contribution in [-0.2, 0) is 0 Å². The fraction of sp³-hybridized carbons (Fsp3) is 0. The van der Waals surface area contributed by atoms with Gasteiger partial charge in [0.05, 0.1) is 0 Å². The fourth-order valence-electron chi connectivity index (χ4n) is 0. The van der Waals surface area contributed by atoms with Crippen LogP contribution in [0.1, 0.15) is 0 Å². The minimum absolute atomic E-state index is 0. The second-order valence-electron chi connectivity index (χ2n) is 0.201. The van der Waals surface area contributed by atoms with Crippen molar-refractivity contribution in [3.63, 3.8) is 0 Å².